The van der Waals surface area contributed by atoms with Gasteiger partial charge in [0.1, 0.15) is 6.33 Å². The van der Waals surface area contributed by atoms with Crippen molar-refractivity contribution in [2.45, 2.75) is 84.8 Å². The number of nitrogens with zero attached hydrogens (tertiary/aromatic N) is 5. The first-order chi connectivity index (χ1) is 19.2. The van der Waals surface area contributed by atoms with Crippen molar-refractivity contribution < 1.29 is 14.4 Å². The normalized spacial score (nSPS) is 17.9. The van der Waals surface area contributed by atoms with Crippen molar-refractivity contribution >= 4 is 29.1 Å². The summed E-state index contributed by atoms with van der Waals surface area (Å²) in [7, 11) is 0. The van der Waals surface area contributed by atoms with E-state index < -0.39 is 0 Å². The molecular weight excluding hydrogens is 524 g/mol. The van der Waals surface area contributed by atoms with Crippen molar-refractivity contribution in [3.63, 3.8) is 0 Å². The van der Waals surface area contributed by atoms with Crippen LogP contribution in [0.15, 0.2) is 23.2 Å². The van der Waals surface area contributed by atoms with Gasteiger partial charge in [-0.15, -0.1) is 0 Å². The van der Waals surface area contributed by atoms with Crippen LogP contribution in [0.2, 0.25) is 0 Å². The van der Waals surface area contributed by atoms with E-state index in [0.29, 0.717) is 48.4 Å². The van der Waals surface area contributed by atoms with E-state index in [0.717, 1.165) is 58.3 Å². The van der Waals surface area contributed by atoms with E-state index in [-0.39, 0.29) is 23.8 Å². The Kier molecular flexibility index (Phi) is 10.7. The third-order valence-corrected chi connectivity index (χ3v) is 9.37. The third kappa shape index (κ3) is 7.87. The van der Waals surface area contributed by atoms with Crippen LogP contribution >= 0.6 is 11.3 Å². The first kappa shape index (κ1) is 30.1. The molecule has 1 N–H and O–H groups in total. The minimum atomic E-state index is -0.115. The Morgan fingerprint density at radius 3 is 2.35 bits per heavy atom. The van der Waals surface area contributed by atoms with Crippen LogP contribution < -0.4 is 5.32 Å². The Balaban J connectivity index is 1.27. The molecule has 2 aliphatic rings. The number of hydrogen-bond acceptors (Lipinski definition) is 7. The summed E-state index contributed by atoms with van der Waals surface area (Å²) in [4.78, 5) is 52.8. The molecule has 40 heavy (non-hydrogen) atoms. The average molecular weight is 569 g/mol. The first-order valence-corrected chi connectivity index (χ1v) is 15.5. The van der Waals surface area contributed by atoms with Crippen LogP contribution in [0.25, 0.3) is 0 Å². The minimum absolute atomic E-state index is 0.115. The molecule has 10 heteroatoms. The molecule has 218 valence electrons. The number of amides is 3. The van der Waals surface area contributed by atoms with Crippen molar-refractivity contribution in [3.05, 3.63) is 45.7 Å². The van der Waals surface area contributed by atoms with Crippen molar-refractivity contribution in [1.82, 2.24) is 30.0 Å². The molecule has 0 aromatic carbocycles. The maximum atomic E-state index is 13.6. The molecule has 1 unspecified atom stereocenters. The largest absolute Gasteiger partial charge is 0.352 e. The molecule has 2 fully saturated rings. The highest BCUT2D eigenvalue weighted by atomic mass is 32.1. The number of carbonyl (C=O) groups excluding carboxylic acids is 3. The lowest BCUT2D eigenvalue weighted by molar-refractivity contribution is -0.137. The maximum absolute atomic E-state index is 13.6. The Hall–Kier alpha value is -2.85. The summed E-state index contributed by atoms with van der Waals surface area (Å²) in [5.41, 5.74) is 3.16. The molecule has 0 saturated carbocycles. The lowest BCUT2D eigenvalue weighted by Crippen LogP contribution is -2.50. The zero-order chi connectivity index (χ0) is 28.6. The van der Waals surface area contributed by atoms with Crippen LogP contribution in [-0.4, -0.2) is 87.2 Å². The molecule has 9 nitrogen and oxygen atoms in total. The Bertz CT molecular complexity index is 1120. The number of thiophene rings is 1. The van der Waals surface area contributed by atoms with E-state index in [1.807, 2.05) is 18.7 Å². The minimum Gasteiger partial charge on any atom is -0.352 e. The van der Waals surface area contributed by atoms with Gasteiger partial charge < -0.3 is 20.0 Å². The SMILES string of the molecule is CC(=O)N1CCC(CC(=O)N(Cc2ccsc2)C2CCN(C(C)CCNC(=O)c3c(C)ncnc3C)CC2)CC1. The maximum Gasteiger partial charge on any atom is 0.254 e. The molecule has 2 saturated heterocycles. The summed E-state index contributed by atoms with van der Waals surface area (Å²) >= 11 is 1.67. The number of nitrogens with one attached hydrogen (secondary N) is 1. The standard InChI is InChI=1S/C30H44N6O3S/c1-21(5-11-31-30(39)29-22(2)32-20-33-23(29)3)34-14-8-27(9-15-34)36(18-26-10-16-40-19-26)28(38)17-25-6-12-35(13-7-25)24(4)37/h10,16,19-21,25,27H,5-9,11-15,17-18H2,1-4H3,(H,31,39). The number of likely N-dealkylation sites (tertiary alicyclic amines) is 2. The van der Waals surface area contributed by atoms with Crippen LogP contribution in [0, 0.1) is 19.8 Å². The number of aromatic nitrogens is 2. The molecule has 0 bridgehead atoms. The van der Waals surface area contributed by atoms with Gasteiger partial charge in [-0.25, -0.2) is 9.97 Å². The van der Waals surface area contributed by atoms with Gasteiger partial charge in [-0.2, -0.15) is 11.3 Å². The van der Waals surface area contributed by atoms with Gasteiger partial charge in [-0.3, -0.25) is 14.4 Å². The molecule has 2 aromatic rings. The fourth-order valence-corrected chi connectivity index (χ4v) is 6.70. The molecule has 4 heterocycles. The van der Waals surface area contributed by atoms with Crippen molar-refractivity contribution in [3.8, 4) is 0 Å². The number of rotatable bonds is 10. The van der Waals surface area contributed by atoms with Crippen molar-refractivity contribution in [2.75, 3.05) is 32.7 Å². The molecular formula is C30H44N6O3S. The van der Waals surface area contributed by atoms with Crippen LogP contribution in [0.4, 0.5) is 0 Å². The zero-order valence-electron chi connectivity index (χ0n) is 24.4. The van der Waals surface area contributed by atoms with Gasteiger partial charge >= 0.3 is 0 Å². The Morgan fingerprint density at radius 1 is 1.07 bits per heavy atom. The number of piperidine rings is 2. The van der Waals surface area contributed by atoms with Crippen LogP contribution in [-0.2, 0) is 16.1 Å². The lowest BCUT2D eigenvalue weighted by Gasteiger charge is -2.41. The summed E-state index contributed by atoms with van der Waals surface area (Å²) in [5, 5.41) is 7.26. The van der Waals surface area contributed by atoms with Crippen molar-refractivity contribution in [2.24, 2.45) is 5.92 Å². The molecule has 3 amide bonds. The Morgan fingerprint density at radius 2 is 1.75 bits per heavy atom. The van der Waals surface area contributed by atoms with E-state index in [1.165, 1.54) is 11.9 Å². The predicted molar refractivity (Wildman–Crippen MR) is 157 cm³/mol. The highest BCUT2D eigenvalue weighted by Crippen LogP contribution is 2.26. The molecule has 0 spiro atoms. The van der Waals surface area contributed by atoms with E-state index >= 15 is 0 Å². The van der Waals surface area contributed by atoms with Gasteiger partial charge in [0.2, 0.25) is 11.8 Å². The second-order valence-corrected chi connectivity index (χ2v) is 12.2. The molecule has 4 rings (SSSR count). The van der Waals surface area contributed by atoms with Crippen molar-refractivity contribution in [1.29, 1.82) is 0 Å². The van der Waals surface area contributed by atoms with E-state index in [4.69, 9.17) is 0 Å². The quantitative estimate of drug-likeness (QED) is 0.468. The fraction of sp³-hybridized carbons (Fsp3) is 0.633. The number of carbonyl (C=O) groups is 3. The summed E-state index contributed by atoms with van der Waals surface area (Å²) < 4.78 is 0. The summed E-state index contributed by atoms with van der Waals surface area (Å²) in [6.07, 6.45) is 6.63. The van der Waals surface area contributed by atoms with Gasteiger partial charge in [-0.05, 0) is 81.2 Å². The van der Waals surface area contributed by atoms with Gasteiger partial charge in [-0.1, -0.05) is 0 Å². The molecule has 0 radical (unpaired) electrons. The second kappa shape index (κ2) is 14.2. The lowest BCUT2D eigenvalue weighted by atomic mass is 9.92. The summed E-state index contributed by atoms with van der Waals surface area (Å²) in [6.45, 7) is 12.2. The van der Waals surface area contributed by atoms with Crippen LogP contribution in [0.1, 0.15) is 79.7 Å². The molecule has 0 aliphatic carbocycles. The molecule has 1 atom stereocenters. The Labute approximate surface area is 242 Å². The number of aryl methyl sites for hydroxylation is 2. The molecule has 2 aromatic heterocycles. The smallest absolute Gasteiger partial charge is 0.254 e. The fourth-order valence-electron chi connectivity index (χ4n) is 6.04. The molecule has 2 aliphatic heterocycles. The average Bonchev–Trinajstić information content (AvgIpc) is 3.45. The predicted octanol–water partition coefficient (Wildman–Crippen LogP) is 3.81. The first-order valence-electron chi connectivity index (χ1n) is 14.6. The summed E-state index contributed by atoms with van der Waals surface area (Å²) in [5.74, 6) is 0.606. The second-order valence-electron chi connectivity index (χ2n) is 11.4. The van der Waals surface area contributed by atoms with Gasteiger partial charge in [0.15, 0.2) is 0 Å². The zero-order valence-corrected chi connectivity index (χ0v) is 25.2. The topological polar surface area (TPSA) is 98.7 Å². The monoisotopic (exact) mass is 568 g/mol. The van der Waals surface area contributed by atoms with Gasteiger partial charge in [0, 0.05) is 64.7 Å². The number of hydrogen-bond donors (Lipinski definition) is 1. The summed E-state index contributed by atoms with van der Waals surface area (Å²) in [6, 6.07) is 2.69. The highest BCUT2D eigenvalue weighted by Gasteiger charge is 2.32. The van der Waals surface area contributed by atoms with Gasteiger partial charge in [0.25, 0.3) is 5.91 Å². The third-order valence-electron chi connectivity index (χ3n) is 8.64. The highest BCUT2D eigenvalue weighted by molar-refractivity contribution is 7.07. The van der Waals surface area contributed by atoms with Crippen LogP contribution in [0.3, 0.4) is 0 Å². The van der Waals surface area contributed by atoms with E-state index in [9.17, 15) is 14.4 Å². The van der Waals surface area contributed by atoms with E-state index in [2.05, 4.69) is 48.8 Å². The van der Waals surface area contributed by atoms with Gasteiger partial charge in [0.05, 0.1) is 17.0 Å². The van der Waals surface area contributed by atoms with E-state index in [1.54, 1.807) is 18.3 Å². The van der Waals surface area contributed by atoms with Crippen LogP contribution in [0.5, 0.6) is 0 Å².